The molecule has 0 radical (unpaired) electrons. The van der Waals surface area contributed by atoms with Crippen molar-refractivity contribution in [3.8, 4) is 11.1 Å². The first kappa shape index (κ1) is 20.3. The fourth-order valence-corrected chi connectivity index (χ4v) is 5.12. The highest BCUT2D eigenvalue weighted by molar-refractivity contribution is 6.70. The zero-order chi connectivity index (χ0) is 21.2. The van der Waals surface area contributed by atoms with Crippen LogP contribution in [0, 0.1) is 0 Å². The van der Waals surface area contributed by atoms with Crippen LogP contribution in [0.4, 0.5) is 0 Å². The standard InChI is InChI=1S/C20H23B9/c21-12-8-5-6-3-1-2-4-7(6)9(10(8)13(22)17(26)16(12)25)11-14(23)18(27)20(29)19(28)15(11)24/h1-5H,21-29H2. The van der Waals surface area contributed by atoms with Crippen molar-refractivity contribution in [2.45, 2.75) is 0 Å². The molecular formula is C20H23B9. The number of rotatable bonds is 1. The predicted octanol–water partition coefficient (Wildman–Crippen LogP) is -10.0. The molecule has 0 aliphatic heterocycles. The Morgan fingerprint density at radius 1 is 0.414 bits per heavy atom. The average Bonchev–Trinajstić information content (AvgIpc) is 2.73. The van der Waals surface area contributed by atoms with Gasteiger partial charge in [0.2, 0.25) is 0 Å². The summed E-state index contributed by atoms with van der Waals surface area (Å²) >= 11 is 0. The summed E-state index contributed by atoms with van der Waals surface area (Å²) in [6.45, 7) is 0. The lowest BCUT2D eigenvalue weighted by molar-refractivity contribution is 1.79. The maximum atomic E-state index is 2.40. The summed E-state index contributed by atoms with van der Waals surface area (Å²) in [5.41, 5.74) is 15.6. The van der Waals surface area contributed by atoms with Gasteiger partial charge in [-0.25, -0.2) is 0 Å². The van der Waals surface area contributed by atoms with E-state index in [2.05, 4.69) is 101 Å². The summed E-state index contributed by atoms with van der Waals surface area (Å²) in [6.07, 6.45) is 0. The van der Waals surface area contributed by atoms with Gasteiger partial charge in [0, 0.05) is 0 Å². The van der Waals surface area contributed by atoms with Crippen molar-refractivity contribution in [3.05, 3.63) is 30.3 Å². The molecule has 0 spiro atoms. The Bertz CT molecular complexity index is 1310. The first-order chi connectivity index (χ1) is 13.7. The molecule has 0 aliphatic rings. The number of hydrogen-bond acceptors (Lipinski definition) is 0. The minimum absolute atomic E-state index is 1.33. The highest BCUT2D eigenvalue weighted by Crippen LogP contribution is 2.32. The molecule has 0 amide bonds. The van der Waals surface area contributed by atoms with Crippen LogP contribution in [0.25, 0.3) is 32.7 Å². The van der Waals surface area contributed by atoms with Gasteiger partial charge >= 0.3 is 0 Å². The molecule has 4 aromatic rings. The lowest BCUT2D eigenvalue weighted by Gasteiger charge is -2.25. The molecule has 29 heavy (non-hydrogen) atoms. The second kappa shape index (κ2) is 7.04. The van der Waals surface area contributed by atoms with Gasteiger partial charge in [0.1, 0.15) is 70.6 Å². The molecular weight excluding hydrogens is 338 g/mol. The summed E-state index contributed by atoms with van der Waals surface area (Å²) in [5.74, 6) is 0. The molecule has 0 heterocycles. The summed E-state index contributed by atoms with van der Waals surface area (Å²) in [4.78, 5) is 0. The van der Waals surface area contributed by atoms with Crippen LogP contribution in [0.1, 0.15) is 0 Å². The van der Waals surface area contributed by atoms with E-state index >= 15 is 0 Å². The van der Waals surface area contributed by atoms with E-state index in [9.17, 15) is 0 Å². The third kappa shape index (κ3) is 2.81. The fraction of sp³-hybridized carbons (Fsp3) is 0. The smallest absolute Gasteiger partial charge is 0.102 e. The lowest BCUT2D eigenvalue weighted by atomic mass is 9.58. The maximum absolute atomic E-state index is 2.40. The van der Waals surface area contributed by atoms with E-state index < -0.39 is 0 Å². The Labute approximate surface area is 182 Å². The van der Waals surface area contributed by atoms with Crippen LogP contribution in [0.3, 0.4) is 0 Å². The van der Waals surface area contributed by atoms with Crippen LogP contribution in [0.5, 0.6) is 0 Å². The maximum Gasteiger partial charge on any atom is 0.139 e. The second-order valence-corrected chi connectivity index (χ2v) is 8.90. The number of hydrogen-bond donors (Lipinski definition) is 0. The molecule has 130 valence electrons. The summed E-state index contributed by atoms with van der Waals surface area (Å²) in [6, 6.07) is 11.3. The Kier molecular flexibility index (Phi) is 4.92. The molecule has 4 rings (SSSR count). The van der Waals surface area contributed by atoms with E-state index in [1.165, 1.54) is 81.8 Å². The highest BCUT2D eigenvalue weighted by atomic mass is 14.2. The van der Waals surface area contributed by atoms with Crippen LogP contribution in [-0.4, -0.2) is 70.6 Å². The topological polar surface area (TPSA) is 0 Å². The van der Waals surface area contributed by atoms with Gasteiger partial charge in [-0.15, -0.1) is 27.3 Å². The third-order valence-electron chi connectivity index (χ3n) is 7.77. The van der Waals surface area contributed by atoms with Gasteiger partial charge in [0.25, 0.3) is 0 Å². The zero-order valence-corrected chi connectivity index (χ0v) is 19.4. The van der Waals surface area contributed by atoms with Crippen molar-refractivity contribution in [3.63, 3.8) is 0 Å². The lowest BCUT2D eigenvalue weighted by Crippen LogP contribution is -2.55. The van der Waals surface area contributed by atoms with E-state index in [0.29, 0.717) is 0 Å². The number of fused-ring (bicyclic) bond motifs is 2. The molecule has 0 bridgehead atoms. The number of benzene rings is 4. The highest BCUT2D eigenvalue weighted by Gasteiger charge is 2.20. The van der Waals surface area contributed by atoms with Gasteiger partial charge in [0.15, 0.2) is 0 Å². The molecule has 4 aromatic carbocycles. The minimum Gasteiger partial charge on any atom is -0.102 e. The predicted molar refractivity (Wildman–Crippen MR) is 160 cm³/mol. The van der Waals surface area contributed by atoms with Crippen molar-refractivity contribution in [2.24, 2.45) is 0 Å². The van der Waals surface area contributed by atoms with Crippen molar-refractivity contribution in [2.75, 3.05) is 0 Å². The van der Waals surface area contributed by atoms with Gasteiger partial charge in [-0.3, -0.25) is 0 Å². The largest absolute Gasteiger partial charge is 0.139 e. The van der Waals surface area contributed by atoms with Gasteiger partial charge < -0.3 is 0 Å². The molecule has 0 unspecified atom stereocenters. The Hall–Kier alpha value is -2.02. The van der Waals surface area contributed by atoms with Gasteiger partial charge in [-0.1, -0.05) is 46.1 Å². The summed E-state index contributed by atoms with van der Waals surface area (Å²) < 4.78 is 0. The van der Waals surface area contributed by atoms with Crippen LogP contribution in [0.2, 0.25) is 0 Å². The molecule has 0 nitrogen and oxygen atoms in total. The first-order valence-corrected chi connectivity index (χ1v) is 10.7. The van der Waals surface area contributed by atoms with E-state index in [1.54, 1.807) is 0 Å². The minimum atomic E-state index is 1.33. The molecule has 0 saturated carbocycles. The average molecular weight is 361 g/mol. The summed E-state index contributed by atoms with van der Waals surface area (Å²) in [5, 5.41) is 5.52. The van der Waals surface area contributed by atoms with E-state index in [-0.39, 0.29) is 0 Å². The quantitative estimate of drug-likeness (QED) is 0.234. The SMILES string of the molecule is Bc1c(B)c(B)c(-c2c3ccccc3cc3c(B)c(B)c(B)c(B)c23)c(B)c1B. The van der Waals surface area contributed by atoms with E-state index in [0.717, 1.165) is 0 Å². The normalized spacial score (nSPS) is 11.3. The van der Waals surface area contributed by atoms with Gasteiger partial charge in [0.05, 0.1) is 0 Å². The van der Waals surface area contributed by atoms with Gasteiger partial charge in [-0.05, 0) is 38.7 Å². The summed E-state index contributed by atoms with van der Waals surface area (Å²) in [7, 11) is 20.6. The third-order valence-corrected chi connectivity index (χ3v) is 7.77. The second-order valence-electron chi connectivity index (χ2n) is 8.90. The van der Waals surface area contributed by atoms with Crippen molar-refractivity contribution in [1.82, 2.24) is 0 Å². The van der Waals surface area contributed by atoms with Crippen molar-refractivity contribution < 1.29 is 0 Å². The van der Waals surface area contributed by atoms with Crippen LogP contribution >= 0.6 is 0 Å². The van der Waals surface area contributed by atoms with E-state index in [4.69, 9.17) is 0 Å². The molecule has 0 atom stereocenters. The van der Waals surface area contributed by atoms with E-state index in [1.807, 2.05) is 0 Å². The van der Waals surface area contributed by atoms with Crippen LogP contribution < -0.4 is 49.2 Å². The van der Waals surface area contributed by atoms with Crippen LogP contribution in [0.15, 0.2) is 30.3 Å². The Morgan fingerprint density at radius 2 is 0.897 bits per heavy atom. The molecule has 0 aromatic heterocycles. The van der Waals surface area contributed by atoms with Crippen molar-refractivity contribution in [1.29, 1.82) is 0 Å². The Balaban J connectivity index is 2.39. The zero-order valence-electron chi connectivity index (χ0n) is 19.4. The molecule has 0 aliphatic carbocycles. The fourth-order valence-electron chi connectivity index (χ4n) is 5.12. The first-order valence-electron chi connectivity index (χ1n) is 10.7. The van der Waals surface area contributed by atoms with Crippen molar-refractivity contribution >= 4 is 141 Å². The van der Waals surface area contributed by atoms with Gasteiger partial charge in [-0.2, -0.15) is 0 Å². The molecule has 0 saturated heterocycles. The van der Waals surface area contributed by atoms with Crippen LogP contribution in [-0.2, 0) is 0 Å². The molecule has 0 fully saturated rings. The monoisotopic (exact) mass is 362 g/mol. The Morgan fingerprint density at radius 3 is 1.52 bits per heavy atom. The molecule has 9 heteroatoms. The molecule has 0 N–H and O–H groups in total.